The van der Waals surface area contributed by atoms with Gasteiger partial charge in [0.1, 0.15) is 6.73 Å². The van der Waals surface area contributed by atoms with Gasteiger partial charge in [-0.15, -0.1) is 0 Å². The molecule has 1 aromatic carbocycles. The first-order valence-corrected chi connectivity index (χ1v) is 6.74. The fourth-order valence-electron chi connectivity index (χ4n) is 1.76. The molecule has 0 amide bonds. The predicted octanol–water partition coefficient (Wildman–Crippen LogP) is 2.80. The van der Waals surface area contributed by atoms with E-state index in [2.05, 4.69) is 20.9 Å². The molecule has 0 bridgehead atoms. The summed E-state index contributed by atoms with van der Waals surface area (Å²) in [6.45, 7) is 4.34. The van der Waals surface area contributed by atoms with Gasteiger partial charge in [-0.3, -0.25) is 4.57 Å². The average Bonchev–Trinajstić information content (AvgIpc) is 2.41. The normalized spacial score (nSPS) is 10.7. The second kappa shape index (κ2) is 6.12. The highest BCUT2D eigenvalue weighted by Crippen LogP contribution is 2.16. The van der Waals surface area contributed by atoms with E-state index in [0.29, 0.717) is 12.3 Å². The molecule has 1 heterocycles. The molecule has 2 rings (SSSR count). The van der Waals surface area contributed by atoms with Gasteiger partial charge in [0.15, 0.2) is 0 Å². The lowest BCUT2D eigenvalue weighted by atomic mass is 10.2. The summed E-state index contributed by atoms with van der Waals surface area (Å²) in [6.07, 6.45) is 0. The van der Waals surface area contributed by atoms with E-state index in [4.69, 9.17) is 4.74 Å². The lowest BCUT2D eigenvalue weighted by Crippen LogP contribution is -2.27. The highest BCUT2D eigenvalue weighted by molar-refractivity contribution is 9.10. The van der Waals surface area contributed by atoms with Crippen molar-refractivity contribution in [3.63, 3.8) is 0 Å². The summed E-state index contributed by atoms with van der Waals surface area (Å²) < 4.78 is 7.92. The summed E-state index contributed by atoms with van der Waals surface area (Å²) in [5.74, 6) is 0. The molecule has 4 nitrogen and oxygen atoms in total. The van der Waals surface area contributed by atoms with Gasteiger partial charge in [0.25, 0.3) is 0 Å². The van der Waals surface area contributed by atoms with Crippen molar-refractivity contribution in [2.75, 3.05) is 0 Å². The zero-order valence-corrected chi connectivity index (χ0v) is 12.5. The van der Waals surface area contributed by atoms with Crippen LogP contribution in [0.1, 0.15) is 17.0 Å². The van der Waals surface area contributed by atoms with Crippen LogP contribution in [0, 0.1) is 13.8 Å². The number of aryl methyl sites for hydroxylation is 1. The van der Waals surface area contributed by atoms with Gasteiger partial charge in [-0.05, 0) is 35.3 Å². The maximum Gasteiger partial charge on any atom is 0.349 e. The Morgan fingerprint density at radius 2 is 1.95 bits per heavy atom. The van der Waals surface area contributed by atoms with Crippen LogP contribution >= 0.6 is 15.9 Å². The number of halogens is 1. The molecule has 2 aromatic rings. The molecule has 0 aliphatic carbocycles. The lowest BCUT2D eigenvalue weighted by Gasteiger charge is -2.12. The van der Waals surface area contributed by atoms with E-state index >= 15 is 0 Å². The van der Waals surface area contributed by atoms with Gasteiger partial charge in [0.05, 0.1) is 16.8 Å². The van der Waals surface area contributed by atoms with E-state index in [1.165, 1.54) is 4.57 Å². The van der Waals surface area contributed by atoms with Crippen LogP contribution in [0.5, 0.6) is 0 Å². The molecular formula is C14H15BrN2O2. The van der Waals surface area contributed by atoms with Gasteiger partial charge in [0, 0.05) is 5.69 Å². The quantitative estimate of drug-likeness (QED) is 0.869. The van der Waals surface area contributed by atoms with Crippen LogP contribution in [0.3, 0.4) is 0 Å². The smallest absolute Gasteiger partial charge is 0.349 e. The Balaban J connectivity index is 2.08. The SMILES string of the molecule is Cc1nc(=O)n(COCc2ccccc2)c(C)c1Br. The molecule has 0 saturated heterocycles. The van der Waals surface area contributed by atoms with Crippen LogP contribution < -0.4 is 5.69 Å². The Morgan fingerprint density at radius 3 is 2.63 bits per heavy atom. The largest absolute Gasteiger partial charge is 0.356 e. The number of hydrogen-bond acceptors (Lipinski definition) is 3. The summed E-state index contributed by atoms with van der Waals surface area (Å²) >= 11 is 3.42. The van der Waals surface area contributed by atoms with Crippen LogP contribution in [-0.2, 0) is 18.1 Å². The summed E-state index contributed by atoms with van der Waals surface area (Å²) in [7, 11) is 0. The van der Waals surface area contributed by atoms with Crippen LogP contribution in [0.2, 0.25) is 0 Å². The zero-order valence-electron chi connectivity index (χ0n) is 10.9. The van der Waals surface area contributed by atoms with Crippen molar-refractivity contribution in [1.29, 1.82) is 0 Å². The van der Waals surface area contributed by atoms with E-state index < -0.39 is 0 Å². The van der Waals surface area contributed by atoms with Crippen LogP contribution in [0.15, 0.2) is 39.6 Å². The Bertz CT molecular complexity index is 623. The van der Waals surface area contributed by atoms with Crippen molar-refractivity contribution in [3.05, 3.63) is 62.2 Å². The summed E-state index contributed by atoms with van der Waals surface area (Å²) in [5.41, 5.74) is 2.31. The molecular weight excluding hydrogens is 308 g/mol. The van der Waals surface area contributed by atoms with E-state index in [-0.39, 0.29) is 12.4 Å². The number of hydrogen-bond donors (Lipinski definition) is 0. The summed E-state index contributed by atoms with van der Waals surface area (Å²) in [6, 6.07) is 9.84. The third kappa shape index (κ3) is 3.30. The van der Waals surface area contributed by atoms with Crippen molar-refractivity contribution in [1.82, 2.24) is 9.55 Å². The molecule has 0 saturated carbocycles. The molecule has 19 heavy (non-hydrogen) atoms. The third-order valence-electron chi connectivity index (χ3n) is 2.87. The van der Waals surface area contributed by atoms with E-state index in [1.807, 2.05) is 37.3 Å². The molecule has 5 heteroatoms. The van der Waals surface area contributed by atoms with Crippen LogP contribution in [0.25, 0.3) is 0 Å². The highest BCUT2D eigenvalue weighted by Gasteiger charge is 2.08. The molecule has 0 atom stereocenters. The maximum atomic E-state index is 11.8. The Morgan fingerprint density at radius 1 is 1.26 bits per heavy atom. The fraction of sp³-hybridized carbons (Fsp3) is 0.286. The van der Waals surface area contributed by atoms with Gasteiger partial charge in [-0.25, -0.2) is 4.79 Å². The fourth-order valence-corrected chi connectivity index (χ4v) is 2.06. The first-order valence-electron chi connectivity index (χ1n) is 5.95. The number of rotatable bonds is 4. The monoisotopic (exact) mass is 322 g/mol. The first kappa shape index (κ1) is 14.0. The lowest BCUT2D eigenvalue weighted by molar-refractivity contribution is 0.0593. The molecule has 0 N–H and O–H groups in total. The zero-order chi connectivity index (χ0) is 13.8. The minimum atomic E-state index is -0.286. The van der Waals surface area contributed by atoms with E-state index in [0.717, 1.165) is 15.7 Å². The van der Waals surface area contributed by atoms with Crippen LogP contribution in [-0.4, -0.2) is 9.55 Å². The van der Waals surface area contributed by atoms with Gasteiger partial charge in [-0.1, -0.05) is 30.3 Å². The molecule has 0 unspecified atom stereocenters. The number of aromatic nitrogens is 2. The third-order valence-corrected chi connectivity index (χ3v) is 4.01. The highest BCUT2D eigenvalue weighted by atomic mass is 79.9. The van der Waals surface area contributed by atoms with E-state index in [1.54, 1.807) is 6.92 Å². The number of nitrogens with zero attached hydrogens (tertiary/aromatic N) is 2. The Labute approximate surface area is 120 Å². The van der Waals surface area contributed by atoms with Gasteiger partial charge in [-0.2, -0.15) is 4.98 Å². The number of benzene rings is 1. The molecule has 0 radical (unpaired) electrons. The average molecular weight is 323 g/mol. The minimum absolute atomic E-state index is 0.200. The number of ether oxygens (including phenoxy) is 1. The van der Waals surface area contributed by atoms with Crippen LogP contribution in [0.4, 0.5) is 0 Å². The molecule has 0 aliphatic rings. The van der Waals surface area contributed by atoms with Gasteiger partial charge >= 0.3 is 5.69 Å². The molecule has 0 fully saturated rings. The molecule has 0 spiro atoms. The molecule has 0 aliphatic heterocycles. The van der Waals surface area contributed by atoms with Crippen molar-refractivity contribution in [2.24, 2.45) is 0 Å². The maximum absolute atomic E-state index is 11.8. The van der Waals surface area contributed by atoms with Crippen molar-refractivity contribution in [2.45, 2.75) is 27.2 Å². The second-order valence-corrected chi connectivity index (χ2v) is 5.06. The van der Waals surface area contributed by atoms with E-state index in [9.17, 15) is 4.79 Å². The predicted molar refractivity (Wildman–Crippen MR) is 76.9 cm³/mol. The van der Waals surface area contributed by atoms with Gasteiger partial charge < -0.3 is 4.74 Å². The summed E-state index contributed by atoms with van der Waals surface area (Å²) in [4.78, 5) is 15.7. The first-order chi connectivity index (χ1) is 9.09. The Hall–Kier alpha value is -1.46. The second-order valence-electron chi connectivity index (χ2n) is 4.27. The summed E-state index contributed by atoms with van der Waals surface area (Å²) in [5, 5.41) is 0. The molecule has 1 aromatic heterocycles. The van der Waals surface area contributed by atoms with Gasteiger partial charge in [0.2, 0.25) is 0 Å². The Kier molecular flexibility index (Phi) is 4.50. The standard InChI is InChI=1S/C14H15BrN2O2/c1-10-13(15)11(2)17(14(18)16-10)9-19-8-12-6-4-3-5-7-12/h3-7H,8-9H2,1-2H3. The molecule has 100 valence electrons. The van der Waals surface area contributed by atoms with Crippen molar-refractivity contribution < 1.29 is 4.74 Å². The topological polar surface area (TPSA) is 44.1 Å². The van der Waals surface area contributed by atoms with Crippen molar-refractivity contribution in [3.8, 4) is 0 Å². The minimum Gasteiger partial charge on any atom is -0.356 e. The van der Waals surface area contributed by atoms with Crippen molar-refractivity contribution >= 4 is 15.9 Å².